The maximum atomic E-state index is 13.2. The minimum Gasteiger partial charge on any atom is -0.448 e. The van der Waals surface area contributed by atoms with Gasteiger partial charge >= 0.3 is 5.97 Å². The van der Waals surface area contributed by atoms with Crippen LogP contribution in [0.15, 0.2) is 71.4 Å². The molecule has 0 saturated carbocycles. The minimum absolute atomic E-state index is 0.0453. The lowest BCUT2D eigenvalue weighted by Crippen LogP contribution is -2.70. The fourth-order valence-corrected chi connectivity index (χ4v) is 5.08. The van der Waals surface area contributed by atoms with Gasteiger partial charge in [0, 0.05) is 12.7 Å². The van der Waals surface area contributed by atoms with Crippen LogP contribution in [-0.4, -0.2) is 39.9 Å². The van der Waals surface area contributed by atoms with E-state index in [4.69, 9.17) is 16.3 Å². The molecular weight excluding hydrogens is 424 g/mol. The summed E-state index contributed by atoms with van der Waals surface area (Å²) in [6.45, 7) is 1.35. The molecule has 2 aromatic carbocycles. The van der Waals surface area contributed by atoms with Crippen LogP contribution in [0.25, 0.3) is 0 Å². The summed E-state index contributed by atoms with van der Waals surface area (Å²) >= 11 is 7.74. The van der Waals surface area contributed by atoms with Crippen LogP contribution >= 0.6 is 23.4 Å². The molecule has 2 aliphatic heterocycles. The number of esters is 1. The zero-order chi connectivity index (χ0) is 21.3. The van der Waals surface area contributed by atoms with Gasteiger partial charge in [-0.05, 0) is 11.1 Å². The van der Waals surface area contributed by atoms with Crippen molar-refractivity contribution in [3.63, 3.8) is 0 Å². The second-order valence-corrected chi connectivity index (χ2v) is 8.51. The molecule has 0 radical (unpaired) electrons. The molecule has 0 aromatic heterocycles. The number of nitrogens with one attached hydrogen (secondary N) is 1. The van der Waals surface area contributed by atoms with Crippen LogP contribution in [0.5, 0.6) is 0 Å². The Morgan fingerprint density at radius 2 is 1.67 bits per heavy atom. The summed E-state index contributed by atoms with van der Waals surface area (Å²) in [6, 6.07) is 18.1. The van der Waals surface area contributed by atoms with Gasteiger partial charge in [0.05, 0.1) is 5.03 Å². The van der Waals surface area contributed by atoms with Gasteiger partial charge in [0.1, 0.15) is 17.1 Å². The van der Waals surface area contributed by atoms with Gasteiger partial charge in [-0.1, -0.05) is 72.3 Å². The van der Waals surface area contributed by atoms with Crippen LogP contribution in [0.1, 0.15) is 24.2 Å². The Labute approximate surface area is 183 Å². The molecule has 2 heterocycles. The van der Waals surface area contributed by atoms with E-state index >= 15 is 0 Å². The molecule has 2 aliphatic rings. The predicted molar refractivity (Wildman–Crippen MR) is 114 cm³/mol. The third-order valence-electron chi connectivity index (χ3n) is 4.90. The number of ether oxygens (including phenoxy) is 1. The maximum Gasteiger partial charge on any atom is 0.357 e. The van der Waals surface area contributed by atoms with Gasteiger partial charge in [0.25, 0.3) is 5.91 Å². The zero-order valence-corrected chi connectivity index (χ0v) is 17.7. The molecule has 1 fully saturated rings. The third-order valence-corrected chi connectivity index (χ3v) is 6.65. The van der Waals surface area contributed by atoms with E-state index in [0.29, 0.717) is 5.75 Å². The number of carbonyl (C=O) groups excluding carboxylic acids is 3. The van der Waals surface area contributed by atoms with Crippen molar-refractivity contribution < 1.29 is 19.1 Å². The zero-order valence-electron chi connectivity index (χ0n) is 16.1. The number of amides is 2. The second-order valence-electron chi connectivity index (χ2n) is 6.95. The molecule has 4 rings (SSSR count). The molecule has 30 heavy (non-hydrogen) atoms. The number of hydrogen-bond donors (Lipinski definition) is 1. The van der Waals surface area contributed by atoms with Gasteiger partial charge in [-0.2, -0.15) is 0 Å². The molecule has 0 spiro atoms. The topological polar surface area (TPSA) is 75.7 Å². The first-order valence-electron chi connectivity index (χ1n) is 9.38. The molecule has 154 valence electrons. The number of hydrogen-bond acceptors (Lipinski definition) is 5. The van der Waals surface area contributed by atoms with E-state index in [1.165, 1.54) is 23.6 Å². The van der Waals surface area contributed by atoms with Crippen LogP contribution in [0.4, 0.5) is 0 Å². The van der Waals surface area contributed by atoms with E-state index in [-0.39, 0.29) is 27.9 Å². The number of nitrogens with zero attached hydrogens (tertiary/aromatic N) is 1. The lowest BCUT2D eigenvalue weighted by Gasteiger charge is -2.49. The second kappa shape index (κ2) is 8.53. The van der Waals surface area contributed by atoms with E-state index in [1.807, 2.05) is 60.7 Å². The van der Waals surface area contributed by atoms with Crippen LogP contribution in [0, 0.1) is 0 Å². The number of β-lactam (4-membered cyclic amide) rings is 1. The normalized spacial score (nSPS) is 20.5. The van der Waals surface area contributed by atoms with Crippen molar-refractivity contribution in [3.8, 4) is 0 Å². The summed E-state index contributed by atoms with van der Waals surface area (Å²) < 4.78 is 5.88. The Morgan fingerprint density at radius 3 is 2.20 bits per heavy atom. The van der Waals surface area contributed by atoms with Gasteiger partial charge in [-0.25, -0.2) is 4.79 Å². The van der Waals surface area contributed by atoms with Crippen molar-refractivity contribution >= 4 is 41.1 Å². The van der Waals surface area contributed by atoms with Crippen molar-refractivity contribution in [2.45, 2.75) is 24.4 Å². The quantitative estimate of drug-likeness (QED) is 0.568. The van der Waals surface area contributed by atoms with E-state index in [9.17, 15) is 14.4 Å². The van der Waals surface area contributed by atoms with Gasteiger partial charge in [0.15, 0.2) is 6.10 Å². The third kappa shape index (κ3) is 3.82. The van der Waals surface area contributed by atoms with Gasteiger partial charge in [0.2, 0.25) is 5.91 Å². The largest absolute Gasteiger partial charge is 0.448 e. The minimum atomic E-state index is -0.669. The smallest absolute Gasteiger partial charge is 0.357 e. The van der Waals surface area contributed by atoms with Crippen molar-refractivity contribution in [1.82, 2.24) is 10.2 Å². The van der Waals surface area contributed by atoms with E-state index in [2.05, 4.69) is 5.32 Å². The van der Waals surface area contributed by atoms with Gasteiger partial charge < -0.3 is 10.1 Å². The highest BCUT2D eigenvalue weighted by Gasteiger charge is 2.54. The number of carbonyl (C=O) groups is 3. The van der Waals surface area contributed by atoms with Gasteiger partial charge in [-0.15, -0.1) is 11.8 Å². The summed E-state index contributed by atoms with van der Waals surface area (Å²) in [4.78, 5) is 38.5. The number of benzene rings is 2. The maximum absolute atomic E-state index is 13.2. The van der Waals surface area contributed by atoms with Crippen molar-refractivity contribution in [1.29, 1.82) is 0 Å². The molecule has 0 aliphatic carbocycles. The van der Waals surface area contributed by atoms with Crippen molar-refractivity contribution in [3.05, 3.63) is 82.5 Å². The molecule has 1 saturated heterocycles. The van der Waals surface area contributed by atoms with Gasteiger partial charge in [-0.3, -0.25) is 14.5 Å². The standard InChI is InChI=1S/C22H19ClN2O4S/c1-13(26)24-17-20(27)25-18(16(23)12-30-21(17)25)22(28)29-19(14-8-4-2-5-9-14)15-10-6-3-7-11-15/h2-11,17,19,21H,12H2,1H3,(H,24,26)/t17?,21-/m0/s1. The van der Waals surface area contributed by atoms with Crippen LogP contribution in [0.2, 0.25) is 0 Å². The van der Waals surface area contributed by atoms with Crippen LogP contribution < -0.4 is 5.32 Å². The van der Waals surface area contributed by atoms with E-state index < -0.39 is 18.1 Å². The van der Waals surface area contributed by atoms with Crippen molar-refractivity contribution in [2.75, 3.05) is 5.75 Å². The fraction of sp³-hybridized carbons (Fsp3) is 0.227. The fourth-order valence-electron chi connectivity index (χ4n) is 3.54. The number of halogens is 1. The summed E-state index contributed by atoms with van der Waals surface area (Å²) in [5.74, 6) is -0.981. The highest BCUT2D eigenvalue weighted by atomic mass is 35.5. The summed E-state index contributed by atoms with van der Waals surface area (Å²) in [5.41, 5.74) is 1.66. The number of rotatable bonds is 5. The van der Waals surface area contributed by atoms with Crippen LogP contribution in [-0.2, 0) is 19.1 Å². The first kappa shape index (κ1) is 20.5. The Balaban J connectivity index is 1.61. The van der Waals surface area contributed by atoms with E-state index in [0.717, 1.165) is 11.1 Å². The first-order chi connectivity index (χ1) is 14.5. The molecule has 0 bridgehead atoms. The lowest BCUT2D eigenvalue weighted by molar-refractivity contribution is -0.154. The molecule has 2 amide bonds. The Kier molecular flexibility index (Phi) is 5.83. The highest BCUT2D eigenvalue weighted by Crippen LogP contribution is 2.42. The number of thioether (sulfide) groups is 1. The summed E-state index contributed by atoms with van der Waals surface area (Å²) in [6.07, 6.45) is -0.646. The van der Waals surface area contributed by atoms with Crippen LogP contribution in [0.3, 0.4) is 0 Å². The Morgan fingerprint density at radius 1 is 1.10 bits per heavy atom. The summed E-state index contributed by atoms with van der Waals surface area (Å²) in [5, 5.41) is 2.51. The van der Waals surface area contributed by atoms with E-state index in [1.54, 1.807) is 0 Å². The first-order valence-corrected chi connectivity index (χ1v) is 10.8. The lowest BCUT2D eigenvalue weighted by atomic mass is 10.0. The Bertz CT molecular complexity index is 973. The molecule has 1 unspecified atom stereocenters. The SMILES string of the molecule is CC(=O)NC1C(=O)N2C(C(=O)OC(c3ccccc3)c3ccccc3)=C(Cl)CS[C@@H]12. The predicted octanol–water partition coefficient (Wildman–Crippen LogP) is 3.19. The molecule has 2 atom stereocenters. The molecule has 1 N–H and O–H groups in total. The number of fused-ring (bicyclic) bond motifs is 1. The monoisotopic (exact) mass is 442 g/mol. The Hall–Kier alpha value is -2.77. The molecule has 8 heteroatoms. The molecule has 2 aromatic rings. The average molecular weight is 443 g/mol. The molecular formula is C22H19ClN2O4S. The molecule has 6 nitrogen and oxygen atoms in total. The highest BCUT2D eigenvalue weighted by molar-refractivity contribution is 8.00. The van der Waals surface area contributed by atoms with Crippen molar-refractivity contribution in [2.24, 2.45) is 0 Å². The average Bonchev–Trinajstić information content (AvgIpc) is 2.76. The summed E-state index contributed by atoms with van der Waals surface area (Å²) in [7, 11) is 0.